The van der Waals surface area contributed by atoms with Crippen LogP contribution in [-0.4, -0.2) is 20.9 Å². The van der Waals surface area contributed by atoms with Gasteiger partial charge in [-0.3, -0.25) is 0 Å². The molecule has 0 aromatic heterocycles. The number of ether oxygens (including phenoxy) is 1. The molecule has 0 unspecified atom stereocenters. The number of rotatable bonds is 8. The second-order valence-electron chi connectivity index (χ2n) is 4.76. The fraction of sp³-hybridized carbons (Fsp3) is 0.615. The van der Waals surface area contributed by atoms with Crippen LogP contribution in [-0.2, 0) is 14.0 Å². The molecule has 0 spiro atoms. The lowest BCUT2D eigenvalue weighted by Crippen LogP contribution is -2.25. The Labute approximate surface area is 106 Å². The third-order valence-corrected chi connectivity index (χ3v) is 2.71. The highest BCUT2D eigenvalue weighted by Gasteiger charge is 2.18. The first kappa shape index (κ1) is 16.0. The Morgan fingerprint density at radius 2 is 2.00 bits per heavy atom. The van der Waals surface area contributed by atoms with Gasteiger partial charge in [0.2, 0.25) is 8.32 Å². The van der Waals surface area contributed by atoms with Crippen molar-refractivity contribution in [3.8, 4) is 0 Å². The molecule has 0 aliphatic carbocycles. The molecule has 0 heterocycles. The van der Waals surface area contributed by atoms with Gasteiger partial charge in [-0.2, -0.15) is 0 Å². The van der Waals surface area contributed by atoms with Gasteiger partial charge < -0.3 is 9.16 Å². The van der Waals surface area contributed by atoms with Crippen molar-refractivity contribution in [3.05, 3.63) is 24.5 Å². The topological polar surface area (TPSA) is 35.5 Å². The Morgan fingerprint density at radius 1 is 1.35 bits per heavy atom. The van der Waals surface area contributed by atoms with Crippen LogP contribution in [0.15, 0.2) is 24.5 Å². The monoisotopic (exact) mass is 256 g/mol. The summed E-state index contributed by atoms with van der Waals surface area (Å²) in [5, 5.41) is 0. The Morgan fingerprint density at radius 3 is 2.47 bits per heavy atom. The van der Waals surface area contributed by atoms with Gasteiger partial charge >= 0.3 is 5.97 Å². The van der Waals surface area contributed by atoms with Crippen LogP contribution >= 0.6 is 0 Å². The molecule has 4 heteroatoms. The van der Waals surface area contributed by atoms with Crippen LogP contribution in [0.3, 0.4) is 0 Å². The molecule has 0 fully saturated rings. The minimum absolute atomic E-state index is 0.320. The first-order valence-corrected chi connectivity index (χ1v) is 9.47. The summed E-state index contributed by atoms with van der Waals surface area (Å²) in [6, 6.07) is 0. The van der Waals surface area contributed by atoms with Crippen molar-refractivity contribution in [2.45, 2.75) is 45.8 Å². The van der Waals surface area contributed by atoms with E-state index < -0.39 is 8.32 Å². The number of esters is 1. The van der Waals surface area contributed by atoms with Gasteiger partial charge in [0.15, 0.2) is 0 Å². The minimum atomic E-state index is -1.67. The Kier molecular flexibility index (Phi) is 7.62. The second-order valence-corrected chi connectivity index (χ2v) is 9.19. The molecule has 0 aliphatic heterocycles. The van der Waals surface area contributed by atoms with Crippen molar-refractivity contribution in [2.24, 2.45) is 0 Å². The molecule has 0 bridgehead atoms. The maximum atomic E-state index is 11.4. The van der Waals surface area contributed by atoms with E-state index in [2.05, 4.69) is 26.2 Å². The predicted molar refractivity (Wildman–Crippen MR) is 73.2 cm³/mol. The molecule has 0 atom stereocenters. The van der Waals surface area contributed by atoms with Gasteiger partial charge in [0.25, 0.3) is 0 Å². The maximum Gasteiger partial charge on any atom is 0.334 e. The summed E-state index contributed by atoms with van der Waals surface area (Å²) >= 11 is 0. The lowest BCUT2D eigenvalue weighted by molar-refractivity contribution is -0.137. The maximum absolute atomic E-state index is 11.4. The van der Waals surface area contributed by atoms with Crippen LogP contribution in [0.25, 0.3) is 0 Å². The van der Waals surface area contributed by atoms with Gasteiger partial charge in [-0.05, 0) is 39.4 Å². The molecule has 0 amide bonds. The fourth-order valence-corrected chi connectivity index (χ4v) is 2.23. The number of hydrogen-bond acceptors (Lipinski definition) is 3. The first-order valence-electron chi connectivity index (χ1n) is 6.06. The number of allylic oxidation sites excluding steroid dienone is 2. The van der Waals surface area contributed by atoms with E-state index in [1.54, 1.807) is 6.92 Å². The van der Waals surface area contributed by atoms with Crippen LogP contribution < -0.4 is 0 Å². The molecule has 0 aliphatic rings. The van der Waals surface area contributed by atoms with E-state index in [0.29, 0.717) is 6.61 Å². The third-order valence-electron chi connectivity index (χ3n) is 1.83. The van der Waals surface area contributed by atoms with Gasteiger partial charge in [0.1, 0.15) is 0 Å². The van der Waals surface area contributed by atoms with Crippen molar-refractivity contribution in [3.63, 3.8) is 0 Å². The van der Waals surface area contributed by atoms with E-state index in [1.807, 2.05) is 6.08 Å². The molecular weight excluding hydrogens is 232 g/mol. The highest BCUT2D eigenvalue weighted by atomic mass is 28.4. The summed E-state index contributed by atoms with van der Waals surface area (Å²) in [5.74, 6) is 0.420. The predicted octanol–water partition coefficient (Wildman–Crippen LogP) is 3.64. The first-order chi connectivity index (χ1) is 7.89. The molecule has 3 nitrogen and oxygen atoms in total. The van der Waals surface area contributed by atoms with E-state index in [-0.39, 0.29) is 5.97 Å². The normalized spacial score (nSPS) is 12.1. The highest BCUT2D eigenvalue weighted by Crippen LogP contribution is 2.16. The smallest absolute Gasteiger partial charge is 0.334 e. The zero-order chi connectivity index (χ0) is 13.3. The van der Waals surface area contributed by atoms with Gasteiger partial charge in [-0.15, -0.1) is 6.58 Å². The molecule has 98 valence electrons. The molecular formula is C13H24O3Si. The fourth-order valence-electron chi connectivity index (χ4n) is 1.28. The van der Waals surface area contributed by atoms with Crippen LogP contribution in [0, 0.1) is 0 Å². The standard InChI is InChI=1S/C13H24O3Si/c1-6-8-9-10-12(16-17(3,4)5)11-13(14)15-7-2/h6,11H,1,7-10H2,2-5H3/b12-11+. The Balaban J connectivity index is 4.48. The van der Waals surface area contributed by atoms with E-state index in [0.717, 1.165) is 25.0 Å². The van der Waals surface area contributed by atoms with Crippen LogP contribution in [0.4, 0.5) is 0 Å². The van der Waals surface area contributed by atoms with Crippen LogP contribution in [0.5, 0.6) is 0 Å². The largest absolute Gasteiger partial charge is 0.547 e. The summed E-state index contributed by atoms with van der Waals surface area (Å²) < 4.78 is 10.8. The van der Waals surface area contributed by atoms with E-state index >= 15 is 0 Å². The summed E-state index contributed by atoms with van der Waals surface area (Å²) in [5.41, 5.74) is 0. The zero-order valence-corrected chi connectivity index (χ0v) is 12.4. The number of hydrogen-bond donors (Lipinski definition) is 0. The SMILES string of the molecule is C=CCCC/C(=C\C(=O)OCC)O[Si](C)(C)C. The summed E-state index contributed by atoms with van der Waals surface area (Å²) in [4.78, 5) is 11.4. The molecule has 0 N–H and O–H groups in total. The Hall–Kier alpha value is -1.03. The van der Waals surface area contributed by atoms with E-state index in [9.17, 15) is 4.79 Å². The van der Waals surface area contributed by atoms with Gasteiger partial charge in [0.05, 0.1) is 18.4 Å². The average molecular weight is 256 g/mol. The molecule has 0 saturated heterocycles. The van der Waals surface area contributed by atoms with E-state index in [1.165, 1.54) is 6.08 Å². The molecule has 0 saturated carbocycles. The van der Waals surface area contributed by atoms with Gasteiger partial charge in [-0.1, -0.05) is 6.08 Å². The number of unbranched alkanes of at least 4 members (excludes halogenated alkanes) is 1. The quantitative estimate of drug-likeness (QED) is 0.166. The van der Waals surface area contributed by atoms with Crippen molar-refractivity contribution in [2.75, 3.05) is 6.61 Å². The van der Waals surface area contributed by atoms with Gasteiger partial charge in [-0.25, -0.2) is 4.79 Å². The minimum Gasteiger partial charge on any atom is -0.547 e. The number of carbonyl (C=O) groups excluding carboxylic acids is 1. The molecule has 17 heavy (non-hydrogen) atoms. The van der Waals surface area contributed by atoms with Crippen molar-refractivity contribution < 1.29 is 14.0 Å². The van der Waals surface area contributed by atoms with Crippen molar-refractivity contribution in [1.29, 1.82) is 0 Å². The molecule has 0 aromatic carbocycles. The van der Waals surface area contributed by atoms with Crippen molar-refractivity contribution >= 4 is 14.3 Å². The lowest BCUT2D eigenvalue weighted by atomic mass is 10.2. The highest BCUT2D eigenvalue weighted by molar-refractivity contribution is 6.70. The zero-order valence-electron chi connectivity index (χ0n) is 11.4. The summed E-state index contributed by atoms with van der Waals surface area (Å²) in [7, 11) is -1.67. The van der Waals surface area contributed by atoms with Crippen LogP contribution in [0.2, 0.25) is 19.6 Å². The van der Waals surface area contributed by atoms with Crippen molar-refractivity contribution in [1.82, 2.24) is 0 Å². The van der Waals surface area contributed by atoms with Gasteiger partial charge in [0, 0.05) is 6.42 Å². The van der Waals surface area contributed by atoms with E-state index in [4.69, 9.17) is 9.16 Å². The molecule has 0 radical (unpaired) electrons. The summed E-state index contributed by atoms with van der Waals surface area (Å²) in [6.07, 6.45) is 5.98. The molecule has 0 aromatic rings. The molecule has 0 rings (SSSR count). The van der Waals surface area contributed by atoms with Crippen LogP contribution in [0.1, 0.15) is 26.2 Å². The Bertz CT molecular complexity index is 277. The number of carbonyl (C=O) groups is 1. The summed E-state index contributed by atoms with van der Waals surface area (Å²) in [6.45, 7) is 12.2. The lowest BCUT2D eigenvalue weighted by Gasteiger charge is -2.21. The second kappa shape index (κ2) is 8.12. The third kappa shape index (κ3) is 9.87. The average Bonchev–Trinajstić information content (AvgIpc) is 2.15.